The molecule has 0 spiro atoms. The van der Waals surface area contributed by atoms with E-state index in [4.69, 9.17) is 4.74 Å². The van der Waals surface area contributed by atoms with E-state index < -0.39 is 0 Å². The maximum absolute atomic E-state index is 13.8. The molecule has 0 N–H and O–H groups in total. The first-order chi connectivity index (χ1) is 12.5. The fraction of sp³-hybridized carbons (Fsp3) is 0.600. The van der Waals surface area contributed by atoms with Crippen molar-refractivity contribution in [3.8, 4) is 0 Å². The summed E-state index contributed by atoms with van der Waals surface area (Å²) in [5.41, 5.74) is 0.847. The van der Waals surface area contributed by atoms with Crippen LogP contribution in [0, 0.1) is 5.82 Å². The molecule has 0 bridgehead atoms. The van der Waals surface area contributed by atoms with Gasteiger partial charge in [0.25, 0.3) is 0 Å². The van der Waals surface area contributed by atoms with E-state index in [9.17, 15) is 14.0 Å². The predicted octanol–water partition coefficient (Wildman–Crippen LogP) is 2.56. The van der Waals surface area contributed by atoms with E-state index in [1.807, 2.05) is 15.9 Å². The zero-order valence-electron chi connectivity index (χ0n) is 15.5. The lowest BCUT2D eigenvalue weighted by atomic mass is 9.86. The van der Waals surface area contributed by atoms with Crippen LogP contribution in [0.1, 0.15) is 44.1 Å². The number of ether oxygens (including phenoxy) is 1. The van der Waals surface area contributed by atoms with Gasteiger partial charge in [0.05, 0.1) is 12.1 Å². The van der Waals surface area contributed by atoms with Crippen molar-refractivity contribution in [3.63, 3.8) is 0 Å². The molecule has 3 rings (SSSR count). The van der Waals surface area contributed by atoms with Crippen molar-refractivity contribution in [2.45, 2.75) is 50.6 Å². The first-order valence-electron chi connectivity index (χ1n) is 9.34. The fourth-order valence-electron chi connectivity index (χ4n) is 4.52. The molecule has 26 heavy (non-hydrogen) atoms. The molecule has 6 heteroatoms. The van der Waals surface area contributed by atoms with Crippen molar-refractivity contribution in [2.24, 2.45) is 0 Å². The van der Waals surface area contributed by atoms with Crippen LogP contribution in [0.3, 0.4) is 0 Å². The van der Waals surface area contributed by atoms with Crippen LogP contribution in [0.25, 0.3) is 0 Å². The van der Waals surface area contributed by atoms with Crippen molar-refractivity contribution >= 4 is 11.8 Å². The highest BCUT2D eigenvalue weighted by molar-refractivity contribution is 5.79. The molecular formula is C20H27FN2O3. The Balaban J connectivity index is 2.01. The van der Waals surface area contributed by atoms with E-state index in [-0.39, 0.29) is 42.2 Å². The molecule has 0 unspecified atom stereocenters. The van der Waals surface area contributed by atoms with Crippen molar-refractivity contribution < 1.29 is 18.7 Å². The maximum Gasteiger partial charge on any atom is 0.248 e. The maximum atomic E-state index is 13.8. The van der Waals surface area contributed by atoms with Crippen LogP contribution in [0.5, 0.6) is 0 Å². The summed E-state index contributed by atoms with van der Waals surface area (Å²) in [5, 5.41) is 0. The molecule has 2 aliphatic rings. The second-order valence-electron chi connectivity index (χ2n) is 7.26. The molecular weight excluding hydrogens is 335 g/mol. The SMILES string of the molecule is COCC(=O)N1C[C@@H](c2cccc(F)c2)[C@H]2[C@H]1CCCCCN2C(C)=O. The predicted molar refractivity (Wildman–Crippen MR) is 96.2 cm³/mol. The lowest BCUT2D eigenvalue weighted by Crippen LogP contribution is -2.51. The van der Waals surface area contributed by atoms with Crippen molar-refractivity contribution in [3.05, 3.63) is 35.6 Å². The number of hydrogen-bond acceptors (Lipinski definition) is 3. The van der Waals surface area contributed by atoms with Gasteiger partial charge in [-0.3, -0.25) is 9.59 Å². The number of methoxy groups -OCH3 is 1. The molecule has 1 aromatic rings. The standard InChI is InChI=1S/C20H27FN2O3/c1-14(24)22-10-5-3-4-9-18-20(22)17(12-23(18)19(25)13-26-2)15-7-6-8-16(21)11-15/h6-8,11,17-18,20H,3-5,9-10,12-13H2,1-2H3/t17-,18+,20-/m0/s1. The van der Waals surface area contributed by atoms with Crippen molar-refractivity contribution in [1.82, 2.24) is 9.80 Å². The summed E-state index contributed by atoms with van der Waals surface area (Å²) in [6.45, 7) is 2.79. The van der Waals surface area contributed by atoms with Gasteiger partial charge in [-0.25, -0.2) is 4.39 Å². The van der Waals surface area contributed by atoms with E-state index in [2.05, 4.69) is 0 Å². The zero-order chi connectivity index (χ0) is 18.7. The monoisotopic (exact) mass is 362 g/mol. The minimum Gasteiger partial charge on any atom is -0.375 e. The topological polar surface area (TPSA) is 49.9 Å². The summed E-state index contributed by atoms with van der Waals surface area (Å²) in [6, 6.07) is 6.38. The summed E-state index contributed by atoms with van der Waals surface area (Å²) in [6.07, 6.45) is 3.89. The molecule has 0 saturated carbocycles. The first kappa shape index (κ1) is 18.8. The molecule has 3 atom stereocenters. The highest BCUT2D eigenvalue weighted by Crippen LogP contribution is 2.39. The number of benzene rings is 1. The van der Waals surface area contributed by atoms with Gasteiger partial charge in [0.15, 0.2) is 0 Å². The van der Waals surface area contributed by atoms with Gasteiger partial charge in [-0.1, -0.05) is 25.0 Å². The van der Waals surface area contributed by atoms with Crippen LogP contribution in [0.15, 0.2) is 24.3 Å². The second-order valence-corrected chi connectivity index (χ2v) is 7.26. The van der Waals surface area contributed by atoms with E-state index in [0.29, 0.717) is 13.1 Å². The summed E-state index contributed by atoms with van der Waals surface area (Å²) in [5.74, 6) is -0.422. The van der Waals surface area contributed by atoms with E-state index >= 15 is 0 Å². The average Bonchev–Trinajstić information content (AvgIpc) is 2.93. The number of carbonyl (C=O) groups is 2. The number of nitrogens with zero attached hydrogens (tertiary/aromatic N) is 2. The van der Waals surface area contributed by atoms with E-state index in [1.54, 1.807) is 13.0 Å². The third-order valence-electron chi connectivity index (χ3n) is 5.63. The first-order valence-corrected chi connectivity index (χ1v) is 9.34. The van der Waals surface area contributed by atoms with E-state index in [0.717, 1.165) is 31.2 Å². The van der Waals surface area contributed by atoms with Gasteiger partial charge in [0.1, 0.15) is 12.4 Å². The summed E-state index contributed by atoms with van der Waals surface area (Å²) < 4.78 is 18.9. The minimum absolute atomic E-state index is 0.0179. The number of hydrogen-bond donors (Lipinski definition) is 0. The van der Waals surface area contributed by atoms with Crippen LogP contribution >= 0.6 is 0 Å². The lowest BCUT2D eigenvalue weighted by molar-refractivity contribution is -0.139. The number of carbonyl (C=O) groups excluding carboxylic acids is 2. The van der Waals surface area contributed by atoms with Gasteiger partial charge in [-0.2, -0.15) is 0 Å². The molecule has 5 nitrogen and oxygen atoms in total. The quantitative estimate of drug-likeness (QED) is 0.830. The molecule has 142 valence electrons. The molecule has 0 radical (unpaired) electrons. The van der Waals surface area contributed by atoms with Gasteiger partial charge in [-0.15, -0.1) is 0 Å². The van der Waals surface area contributed by atoms with Crippen LogP contribution < -0.4 is 0 Å². The third kappa shape index (κ3) is 3.75. The van der Waals surface area contributed by atoms with Crippen LogP contribution in [0.4, 0.5) is 4.39 Å². The molecule has 2 fully saturated rings. The lowest BCUT2D eigenvalue weighted by Gasteiger charge is -2.38. The van der Waals surface area contributed by atoms with Gasteiger partial charge in [0.2, 0.25) is 11.8 Å². The summed E-state index contributed by atoms with van der Waals surface area (Å²) >= 11 is 0. The van der Waals surface area contributed by atoms with Gasteiger partial charge in [-0.05, 0) is 30.5 Å². The zero-order valence-corrected chi connectivity index (χ0v) is 15.5. The smallest absolute Gasteiger partial charge is 0.248 e. The number of fused-ring (bicyclic) bond motifs is 1. The molecule has 2 saturated heterocycles. The number of halogens is 1. The third-order valence-corrected chi connectivity index (χ3v) is 5.63. The minimum atomic E-state index is -0.291. The van der Waals surface area contributed by atoms with Crippen LogP contribution in [-0.4, -0.2) is 60.5 Å². The van der Waals surface area contributed by atoms with Gasteiger partial charge in [0, 0.05) is 33.0 Å². The van der Waals surface area contributed by atoms with Crippen molar-refractivity contribution in [2.75, 3.05) is 26.8 Å². The van der Waals surface area contributed by atoms with Crippen LogP contribution in [0.2, 0.25) is 0 Å². The Morgan fingerprint density at radius 2 is 2.04 bits per heavy atom. The Morgan fingerprint density at radius 1 is 1.23 bits per heavy atom. The normalized spacial score (nSPS) is 26.2. The van der Waals surface area contributed by atoms with Crippen LogP contribution in [-0.2, 0) is 14.3 Å². The Labute approximate surface area is 154 Å². The average molecular weight is 362 g/mol. The molecule has 2 amide bonds. The highest BCUT2D eigenvalue weighted by Gasteiger charge is 2.47. The Kier molecular flexibility index (Phi) is 5.91. The highest BCUT2D eigenvalue weighted by atomic mass is 19.1. The Morgan fingerprint density at radius 3 is 2.73 bits per heavy atom. The summed E-state index contributed by atoms with van der Waals surface area (Å²) in [7, 11) is 1.51. The van der Waals surface area contributed by atoms with Gasteiger partial charge >= 0.3 is 0 Å². The Hall–Kier alpha value is -1.95. The van der Waals surface area contributed by atoms with E-state index in [1.165, 1.54) is 19.2 Å². The summed E-state index contributed by atoms with van der Waals surface area (Å²) in [4.78, 5) is 28.8. The number of amides is 2. The number of rotatable bonds is 3. The molecule has 2 heterocycles. The van der Waals surface area contributed by atoms with Crippen molar-refractivity contribution in [1.29, 1.82) is 0 Å². The molecule has 2 aliphatic heterocycles. The molecule has 0 aromatic heterocycles. The molecule has 0 aliphatic carbocycles. The Bertz CT molecular complexity index is 666. The number of likely N-dealkylation sites (tertiary alicyclic amines) is 2. The van der Waals surface area contributed by atoms with Gasteiger partial charge < -0.3 is 14.5 Å². The fourth-order valence-corrected chi connectivity index (χ4v) is 4.52. The molecule has 1 aromatic carbocycles. The largest absolute Gasteiger partial charge is 0.375 e. The second kappa shape index (κ2) is 8.16.